The summed E-state index contributed by atoms with van der Waals surface area (Å²) in [5.41, 5.74) is -0.529. The number of hydrogen-bond donors (Lipinski definition) is 2. The summed E-state index contributed by atoms with van der Waals surface area (Å²) in [5, 5.41) is 18.9. The number of ether oxygens (including phenoxy) is 1. The predicted octanol–water partition coefficient (Wildman–Crippen LogP) is 2.46. The Morgan fingerprint density at radius 3 is 2.50 bits per heavy atom. The Kier molecular flexibility index (Phi) is 3.65. The van der Waals surface area contributed by atoms with E-state index >= 15 is 0 Å². The van der Waals surface area contributed by atoms with Crippen LogP contribution in [0.15, 0.2) is 6.07 Å². The van der Waals surface area contributed by atoms with Gasteiger partial charge in [0.1, 0.15) is 0 Å². The molecule has 16 heavy (non-hydrogen) atoms. The fraction of sp³-hybridized carbons (Fsp3) is 0.455. The van der Waals surface area contributed by atoms with Crippen molar-refractivity contribution in [3.63, 3.8) is 0 Å². The van der Waals surface area contributed by atoms with Crippen molar-refractivity contribution in [1.29, 1.82) is 0 Å². The minimum atomic E-state index is -0.911. The van der Waals surface area contributed by atoms with Crippen molar-refractivity contribution < 1.29 is 19.3 Å². The number of halogens is 2. The van der Waals surface area contributed by atoms with Crippen LogP contribution < -0.4 is 4.74 Å². The van der Waals surface area contributed by atoms with Gasteiger partial charge in [0.05, 0.1) is 18.7 Å². The summed E-state index contributed by atoms with van der Waals surface area (Å²) < 4.78 is 18.4. The molecule has 0 bridgehead atoms. The second-order valence-corrected chi connectivity index (χ2v) is 4.55. The summed E-state index contributed by atoms with van der Waals surface area (Å²) in [5.74, 6) is -1.65. The zero-order valence-corrected chi connectivity index (χ0v) is 10.1. The van der Waals surface area contributed by atoms with Gasteiger partial charge in [0.15, 0.2) is 11.5 Å². The van der Waals surface area contributed by atoms with Crippen molar-refractivity contribution in [3.8, 4) is 11.5 Å². The van der Waals surface area contributed by atoms with E-state index in [0.717, 1.165) is 0 Å². The van der Waals surface area contributed by atoms with E-state index in [9.17, 15) is 14.6 Å². The van der Waals surface area contributed by atoms with Crippen molar-refractivity contribution in [3.05, 3.63) is 22.5 Å². The lowest BCUT2D eigenvalue weighted by Gasteiger charge is -2.24. The molecule has 5 heteroatoms. The van der Waals surface area contributed by atoms with Gasteiger partial charge in [-0.25, -0.2) is 0 Å². The van der Waals surface area contributed by atoms with Crippen molar-refractivity contribution in [2.45, 2.75) is 19.3 Å². The average molecular weight is 249 g/mol. The third-order valence-electron chi connectivity index (χ3n) is 2.48. The number of aromatic hydroxyl groups is 1. The Morgan fingerprint density at radius 2 is 2.06 bits per heavy atom. The molecule has 1 rings (SSSR count). The van der Waals surface area contributed by atoms with E-state index in [0.29, 0.717) is 0 Å². The Bertz CT molecular complexity index is 405. The van der Waals surface area contributed by atoms with E-state index in [1.165, 1.54) is 13.2 Å². The molecule has 0 saturated heterocycles. The van der Waals surface area contributed by atoms with Gasteiger partial charge in [0.2, 0.25) is 5.82 Å². The maximum atomic E-state index is 13.6. The highest BCUT2D eigenvalue weighted by Crippen LogP contribution is 2.41. The van der Waals surface area contributed by atoms with Crippen molar-refractivity contribution in [2.75, 3.05) is 13.7 Å². The van der Waals surface area contributed by atoms with E-state index in [1.54, 1.807) is 13.8 Å². The van der Waals surface area contributed by atoms with Gasteiger partial charge < -0.3 is 14.9 Å². The molecule has 0 saturated carbocycles. The van der Waals surface area contributed by atoms with E-state index in [4.69, 9.17) is 16.3 Å². The first-order chi connectivity index (χ1) is 7.35. The van der Waals surface area contributed by atoms with E-state index in [1.807, 2.05) is 0 Å². The zero-order chi connectivity index (χ0) is 12.5. The quantitative estimate of drug-likeness (QED) is 0.864. The molecular weight excluding hydrogens is 235 g/mol. The third-order valence-corrected chi connectivity index (χ3v) is 2.76. The first kappa shape index (κ1) is 13.1. The lowest BCUT2D eigenvalue weighted by molar-refractivity contribution is 0.214. The first-order valence-corrected chi connectivity index (χ1v) is 5.09. The molecule has 1 aromatic carbocycles. The molecular formula is C11H14ClFO3. The van der Waals surface area contributed by atoms with E-state index in [-0.39, 0.29) is 22.9 Å². The molecule has 1 aromatic rings. The molecule has 0 atom stereocenters. The SMILES string of the molecule is COc1c(Cl)cc(C(C)(C)CO)c(O)c1F. The van der Waals surface area contributed by atoms with Gasteiger partial charge in [0.25, 0.3) is 0 Å². The molecule has 0 fully saturated rings. The Hall–Kier alpha value is -1.00. The predicted molar refractivity (Wildman–Crippen MR) is 59.7 cm³/mol. The largest absolute Gasteiger partial charge is 0.505 e. The zero-order valence-electron chi connectivity index (χ0n) is 9.34. The number of phenols is 1. The lowest BCUT2D eigenvalue weighted by atomic mass is 9.85. The molecule has 0 aliphatic heterocycles. The number of hydrogen-bond acceptors (Lipinski definition) is 3. The molecule has 0 heterocycles. The minimum Gasteiger partial charge on any atom is -0.505 e. The summed E-state index contributed by atoms with van der Waals surface area (Å²) in [6.07, 6.45) is 0. The van der Waals surface area contributed by atoms with E-state index in [2.05, 4.69) is 0 Å². The van der Waals surface area contributed by atoms with Crippen LogP contribution in [-0.2, 0) is 5.41 Å². The number of aliphatic hydroxyl groups is 1. The number of methoxy groups -OCH3 is 1. The van der Waals surface area contributed by atoms with Crippen LogP contribution in [0.25, 0.3) is 0 Å². The van der Waals surface area contributed by atoms with Crippen LogP contribution in [-0.4, -0.2) is 23.9 Å². The summed E-state index contributed by atoms with van der Waals surface area (Å²) >= 11 is 5.81. The van der Waals surface area contributed by atoms with Crippen molar-refractivity contribution in [1.82, 2.24) is 0 Å². The summed E-state index contributed by atoms with van der Waals surface area (Å²) in [6, 6.07) is 1.40. The highest BCUT2D eigenvalue weighted by Gasteiger charge is 2.28. The molecule has 0 radical (unpaired) electrons. The molecule has 3 nitrogen and oxygen atoms in total. The van der Waals surface area contributed by atoms with Crippen LogP contribution in [0.2, 0.25) is 5.02 Å². The van der Waals surface area contributed by atoms with Gasteiger partial charge in [-0.1, -0.05) is 25.4 Å². The topological polar surface area (TPSA) is 49.7 Å². The van der Waals surface area contributed by atoms with Crippen LogP contribution in [0, 0.1) is 5.82 Å². The molecule has 0 aliphatic rings. The van der Waals surface area contributed by atoms with E-state index < -0.39 is 17.0 Å². The normalized spacial score (nSPS) is 11.6. The van der Waals surface area contributed by atoms with Crippen LogP contribution >= 0.6 is 11.6 Å². The summed E-state index contributed by atoms with van der Waals surface area (Å²) in [4.78, 5) is 0. The third kappa shape index (κ3) is 2.08. The molecule has 90 valence electrons. The van der Waals surface area contributed by atoms with Gasteiger partial charge >= 0.3 is 0 Å². The molecule has 0 unspecified atom stereocenters. The Balaban J connectivity index is 3.45. The van der Waals surface area contributed by atoms with Gasteiger partial charge in [-0.3, -0.25) is 0 Å². The summed E-state index contributed by atoms with van der Waals surface area (Å²) in [7, 11) is 1.26. The molecule has 0 spiro atoms. The van der Waals surface area contributed by atoms with Gasteiger partial charge in [-0.2, -0.15) is 4.39 Å². The van der Waals surface area contributed by atoms with Crippen LogP contribution in [0.5, 0.6) is 11.5 Å². The van der Waals surface area contributed by atoms with Crippen LogP contribution in [0.3, 0.4) is 0 Å². The Labute approximate surface area is 98.4 Å². The molecule has 0 aromatic heterocycles. The van der Waals surface area contributed by atoms with Crippen molar-refractivity contribution >= 4 is 11.6 Å². The average Bonchev–Trinajstić information content (AvgIpc) is 2.24. The lowest BCUT2D eigenvalue weighted by Crippen LogP contribution is -2.22. The smallest absolute Gasteiger partial charge is 0.208 e. The summed E-state index contributed by atoms with van der Waals surface area (Å²) in [6.45, 7) is 3.11. The number of phenolic OH excluding ortho intramolecular Hbond substituents is 1. The second kappa shape index (κ2) is 4.47. The maximum Gasteiger partial charge on any atom is 0.208 e. The molecule has 0 amide bonds. The minimum absolute atomic E-state index is 0.0642. The van der Waals surface area contributed by atoms with Gasteiger partial charge in [0, 0.05) is 11.0 Å². The van der Waals surface area contributed by atoms with Crippen LogP contribution in [0.4, 0.5) is 4.39 Å². The molecule has 2 N–H and O–H groups in total. The van der Waals surface area contributed by atoms with Gasteiger partial charge in [-0.15, -0.1) is 0 Å². The first-order valence-electron chi connectivity index (χ1n) is 4.71. The Morgan fingerprint density at radius 1 is 1.50 bits per heavy atom. The second-order valence-electron chi connectivity index (χ2n) is 4.14. The molecule has 0 aliphatic carbocycles. The fourth-order valence-electron chi connectivity index (χ4n) is 1.38. The number of benzene rings is 1. The van der Waals surface area contributed by atoms with Crippen molar-refractivity contribution in [2.24, 2.45) is 0 Å². The maximum absolute atomic E-state index is 13.6. The van der Waals surface area contributed by atoms with Crippen LogP contribution in [0.1, 0.15) is 19.4 Å². The number of aliphatic hydroxyl groups excluding tert-OH is 1. The fourth-order valence-corrected chi connectivity index (χ4v) is 1.65. The highest BCUT2D eigenvalue weighted by atomic mass is 35.5. The monoisotopic (exact) mass is 248 g/mol. The van der Waals surface area contributed by atoms with Gasteiger partial charge in [-0.05, 0) is 6.07 Å². The standard InChI is InChI=1S/C11H14ClFO3/c1-11(2,5-14)6-4-7(12)10(16-3)8(13)9(6)15/h4,14-15H,5H2,1-3H3. The highest BCUT2D eigenvalue weighted by molar-refractivity contribution is 6.32. The number of rotatable bonds is 3.